The molecule has 0 aliphatic rings. The van der Waals surface area contributed by atoms with Crippen LogP contribution in [0.4, 0.5) is 5.95 Å². The summed E-state index contributed by atoms with van der Waals surface area (Å²) in [5.41, 5.74) is 6.10. The van der Waals surface area contributed by atoms with Crippen molar-refractivity contribution < 1.29 is 0 Å². The molecule has 0 unspecified atom stereocenters. The Morgan fingerprint density at radius 2 is 2.08 bits per heavy atom. The zero-order valence-corrected chi connectivity index (χ0v) is 8.00. The highest BCUT2D eigenvalue weighted by Crippen LogP contribution is 1.94. The number of hydrogen-bond acceptors (Lipinski definition) is 3. The summed E-state index contributed by atoms with van der Waals surface area (Å²) in [4.78, 5) is 7.62. The standard InChI is InChI=1S/C8H8BrN3/c9-4-2-1-3-7-5-11-8(10)12-6-7/h5-6H,2,4H2,(H2,10,11,12). The number of aromatic nitrogens is 2. The second kappa shape index (κ2) is 4.73. The predicted molar refractivity (Wildman–Crippen MR) is 51.7 cm³/mol. The Morgan fingerprint density at radius 1 is 1.42 bits per heavy atom. The van der Waals surface area contributed by atoms with Crippen LogP contribution in [0, 0.1) is 11.8 Å². The fourth-order valence-electron chi connectivity index (χ4n) is 0.614. The zero-order chi connectivity index (χ0) is 8.81. The number of anilines is 1. The van der Waals surface area contributed by atoms with E-state index in [1.54, 1.807) is 12.4 Å². The van der Waals surface area contributed by atoms with E-state index in [1.165, 1.54) is 0 Å². The first-order chi connectivity index (χ1) is 5.83. The molecule has 1 heterocycles. The maximum atomic E-state index is 5.30. The molecular formula is C8H8BrN3. The average molecular weight is 226 g/mol. The molecule has 0 aliphatic carbocycles. The zero-order valence-electron chi connectivity index (χ0n) is 6.42. The summed E-state index contributed by atoms with van der Waals surface area (Å²) in [5.74, 6) is 6.14. The van der Waals surface area contributed by atoms with E-state index < -0.39 is 0 Å². The first kappa shape index (κ1) is 9.01. The Labute approximate surface area is 79.5 Å². The fraction of sp³-hybridized carbons (Fsp3) is 0.250. The third-order valence-electron chi connectivity index (χ3n) is 1.12. The number of halogens is 1. The van der Waals surface area contributed by atoms with Crippen molar-refractivity contribution in [1.29, 1.82) is 0 Å². The molecule has 0 radical (unpaired) electrons. The number of nitrogens with two attached hydrogens (primary N) is 1. The lowest BCUT2D eigenvalue weighted by molar-refractivity contribution is 1.17. The van der Waals surface area contributed by atoms with E-state index in [-0.39, 0.29) is 5.95 Å². The molecule has 0 aliphatic heterocycles. The number of nitrogen functional groups attached to an aromatic ring is 1. The van der Waals surface area contributed by atoms with Crippen molar-refractivity contribution in [2.75, 3.05) is 11.1 Å². The van der Waals surface area contributed by atoms with Gasteiger partial charge in [-0.05, 0) is 0 Å². The minimum Gasteiger partial charge on any atom is -0.368 e. The number of hydrogen-bond donors (Lipinski definition) is 1. The van der Waals surface area contributed by atoms with Crippen LogP contribution in [0.5, 0.6) is 0 Å². The molecule has 0 spiro atoms. The maximum absolute atomic E-state index is 5.30. The second-order valence-corrected chi connectivity index (χ2v) is 2.86. The van der Waals surface area contributed by atoms with Crippen molar-refractivity contribution in [2.45, 2.75) is 6.42 Å². The van der Waals surface area contributed by atoms with Crippen molar-refractivity contribution >= 4 is 21.9 Å². The molecule has 4 heteroatoms. The third kappa shape index (κ3) is 2.89. The Morgan fingerprint density at radius 3 is 2.67 bits per heavy atom. The van der Waals surface area contributed by atoms with Crippen LogP contribution in [-0.2, 0) is 0 Å². The van der Waals surface area contributed by atoms with Crippen LogP contribution >= 0.6 is 15.9 Å². The molecule has 12 heavy (non-hydrogen) atoms. The van der Waals surface area contributed by atoms with Crippen molar-refractivity contribution in [3.63, 3.8) is 0 Å². The molecule has 0 amide bonds. The number of nitrogens with zero attached hydrogens (tertiary/aromatic N) is 2. The third-order valence-corrected chi connectivity index (χ3v) is 1.52. The van der Waals surface area contributed by atoms with Crippen LogP contribution in [0.2, 0.25) is 0 Å². The lowest BCUT2D eigenvalue weighted by atomic mass is 10.3. The molecule has 0 aromatic carbocycles. The molecule has 0 fully saturated rings. The quantitative estimate of drug-likeness (QED) is 0.578. The van der Waals surface area contributed by atoms with Crippen molar-refractivity contribution in [2.24, 2.45) is 0 Å². The van der Waals surface area contributed by atoms with E-state index in [9.17, 15) is 0 Å². The summed E-state index contributed by atoms with van der Waals surface area (Å²) in [5, 5.41) is 0.885. The van der Waals surface area contributed by atoms with Gasteiger partial charge in [0.15, 0.2) is 0 Å². The van der Waals surface area contributed by atoms with Crippen molar-refractivity contribution in [3.8, 4) is 11.8 Å². The fourth-order valence-corrected chi connectivity index (χ4v) is 0.813. The highest BCUT2D eigenvalue weighted by atomic mass is 79.9. The van der Waals surface area contributed by atoms with Gasteiger partial charge < -0.3 is 5.73 Å². The van der Waals surface area contributed by atoms with Gasteiger partial charge in [0.1, 0.15) is 0 Å². The van der Waals surface area contributed by atoms with Crippen LogP contribution in [0.15, 0.2) is 12.4 Å². The van der Waals surface area contributed by atoms with Gasteiger partial charge in [-0.2, -0.15) is 0 Å². The van der Waals surface area contributed by atoms with Gasteiger partial charge in [-0.15, -0.1) is 0 Å². The monoisotopic (exact) mass is 225 g/mol. The van der Waals surface area contributed by atoms with Gasteiger partial charge in [-0.3, -0.25) is 0 Å². The average Bonchev–Trinajstić information content (AvgIpc) is 2.09. The van der Waals surface area contributed by atoms with Crippen LogP contribution in [0.3, 0.4) is 0 Å². The summed E-state index contributed by atoms with van der Waals surface area (Å²) in [6.45, 7) is 0. The highest BCUT2D eigenvalue weighted by molar-refractivity contribution is 9.09. The van der Waals surface area contributed by atoms with Gasteiger partial charge in [0.25, 0.3) is 0 Å². The van der Waals surface area contributed by atoms with Crippen LogP contribution in [-0.4, -0.2) is 15.3 Å². The van der Waals surface area contributed by atoms with Crippen LogP contribution < -0.4 is 5.73 Å². The summed E-state index contributed by atoms with van der Waals surface area (Å²) >= 11 is 3.28. The summed E-state index contributed by atoms with van der Waals surface area (Å²) in [7, 11) is 0. The molecule has 0 saturated heterocycles. The van der Waals surface area contributed by atoms with E-state index in [1.807, 2.05) is 0 Å². The van der Waals surface area contributed by atoms with E-state index in [0.717, 1.165) is 17.3 Å². The topological polar surface area (TPSA) is 51.8 Å². The molecule has 1 aromatic rings. The summed E-state index contributed by atoms with van der Waals surface area (Å²) in [6, 6.07) is 0. The lowest BCUT2D eigenvalue weighted by Crippen LogP contribution is -1.93. The molecule has 3 nitrogen and oxygen atoms in total. The normalized spacial score (nSPS) is 8.75. The Kier molecular flexibility index (Phi) is 3.55. The minimum atomic E-state index is 0.279. The summed E-state index contributed by atoms with van der Waals surface area (Å²) < 4.78 is 0. The van der Waals surface area contributed by atoms with Crippen LogP contribution in [0.1, 0.15) is 12.0 Å². The van der Waals surface area contributed by atoms with Crippen molar-refractivity contribution in [3.05, 3.63) is 18.0 Å². The molecule has 2 N–H and O–H groups in total. The molecule has 0 saturated carbocycles. The molecule has 0 bridgehead atoms. The van der Waals surface area contributed by atoms with E-state index in [2.05, 4.69) is 37.7 Å². The Hall–Kier alpha value is -1.08. The van der Waals surface area contributed by atoms with Gasteiger partial charge in [0.05, 0.1) is 5.56 Å². The molecule has 1 rings (SSSR count). The van der Waals surface area contributed by atoms with E-state index in [4.69, 9.17) is 5.73 Å². The predicted octanol–water partition coefficient (Wildman–Crippen LogP) is 1.20. The Bertz CT molecular complexity index is 296. The molecule has 0 atom stereocenters. The highest BCUT2D eigenvalue weighted by Gasteiger charge is 1.87. The molecule has 62 valence electrons. The van der Waals surface area contributed by atoms with Gasteiger partial charge in [-0.25, -0.2) is 9.97 Å². The van der Waals surface area contributed by atoms with E-state index >= 15 is 0 Å². The first-order valence-corrected chi connectivity index (χ1v) is 4.57. The van der Waals surface area contributed by atoms with Crippen LogP contribution in [0.25, 0.3) is 0 Å². The van der Waals surface area contributed by atoms with E-state index in [0.29, 0.717) is 0 Å². The van der Waals surface area contributed by atoms with Gasteiger partial charge in [0.2, 0.25) is 5.95 Å². The SMILES string of the molecule is Nc1ncc(C#CCCBr)cn1. The smallest absolute Gasteiger partial charge is 0.219 e. The molecular weight excluding hydrogens is 218 g/mol. The lowest BCUT2D eigenvalue weighted by Gasteiger charge is -1.89. The van der Waals surface area contributed by atoms with Gasteiger partial charge in [0, 0.05) is 24.1 Å². The first-order valence-electron chi connectivity index (χ1n) is 3.45. The summed E-state index contributed by atoms with van der Waals surface area (Å²) in [6.07, 6.45) is 4.05. The largest absolute Gasteiger partial charge is 0.368 e. The number of alkyl halides is 1. The minimum absolute atomic E-state index is 0.279. The second-order valence-electron chi connectivity index (χ2n) is 2.07. The number of rotatable bonds is 1. The molecule has 1 aromatic heterocycles. The van der Waals surface area contributed by atoms with Crippen molar-refractivity contribution in [1.82, 2.24) is 9.97 Å². The Balaban J connectivity index is 2.66. The van der Waals surface area contributed by atoms with Gasteiger partial charge >= 0.3 is 0 Å². The van der Waals surface area contributed by atoms with Gasteiger partial charge in [-0.1, -0.05) is 27.8 Å². The maximum Gasteiger partial charge on any atom is 0.219 e.